The van der Waals surface area contributed by atoms with Crippen LogP contribution >= 0.6 is 0 Å². The Bertz CT molecular complexity index is 910. The second-order valence-corrected chi connectivity index (χ2v) is 10.8. The normalized spacial score (nSPS) is 23.2. The third-order valence-corrected chi connectivity index (χ3v) is 7.17. The number of aryl methyl sites for hydroxylation is 1. The van der Waals surface area contributed by atoms with E-state index in [1.165, 1.54) is 22.5 Å². The Morgan fingerprint density at radius 3 is 2.30 bits per heavy atom. The monoisotopic (exact) mass is 450 g/mol. The van der Waals surface area contributed by atoms with Gasteiger partial charge < -0.3 is 14.9 Å². The number of hydrogen-bond donors (Lipinski definition) is 1. The summed E-state index contributed by atoms with van der Waals surface area (Å²) in [5.74, 6) is 0. The van der Waals surface area contributed by atoms with Gasteiger partial charge in [0.15, 0.2) is 0 Å². The molecule has 5 nitrogen and oxygen atoms in total. The molecule has 1 N–H and O–H groups in total. The average molecular weight is 451 g/mol. The van der Waals surface area contributed by atoms with E-state index in [9.17, 15) is 5.11 Å². The number of benzene rings is 2. The smallest absolute Gasteiger partial charge is 0.0718 e. The van der Waals surface area contributed by atoms with Crippen LogP contribution in [0, 0.1) is 6.92 Å². The van der Waals surface area contributed by atoms with E-state index in [0.717, 1.165) is 52.4 Å². The van der Waals surface area contributed by atoms with E-state index in [1.807, 2.05) is 13.8 Å². The SMILES string of the molecule is Cc1cc(N2CCN(CC(C)(C)O)C[C@H]2C)ccc1N1CCN(Cc2ccccc2)[C@H](C)C1. The van der Waals surface area contributed by atoms with Crippen LogP contribution in [0.3, 0.4) is 0 Å². The summed E-state index contributed by atoms with van der Waals surface area (Å²) in [6.45, 7) is 18.7. The standard InChI is InChI=1S/C28H42N4O/c1-22-17-26(32-16-13-29(18-24(32)3)21-28(4,5)33)11-12-27(22)31-15-14-30(23(2)19-31)20-25-9-7-6-8-10-25/h6-12,17,23-24,33H,13-16,18-21H2,1-5H3/t23-,24-/m1/s1. The molecule has 0 unspecified atom stereocenters. The molecule has 2 aromatic carbocycles. The van der Waals surface area contributed by atoms with Gasteiger partial charge in [0.2, 0.25) is 0 Å². The second kappa shape index (κ2) is 10.0. The number of aliphatic hydroxyl groups is 1. The van der Waals surface area contributed by atoms with Gasteiger partial charge in [0.25, 0.3) is 0 Å². The molecular weight excluding hydrogens is 408 g/mol. The van der Waals surface area contributed by atoms with E-state index < -0.39 is 5.60 Å². The topological polar surface area (TPSA) is 33.2 Å². The Morgan fingerprint density at radius 1 is 0.909 bits per heavy atom. The number of piperazine rings is 2. The number of β-amino-alcohol motifs (C(OH)–C–C–N with tert-alkyl or cyclic N) is 1. The van der Waals surface area contributed by atoms with Crippen molar-refractivity contribution in [1.29, 1.82) is 0 Å². The predicted octanol–water partition coefficient (Wildman–Crippen LogP) is 3.99. The van der Waals surface area contributed by atoms with Crippen molar-refractivity contribution in [1.82, 2.24) is 9.80 Å². The molecule has 5 heteroatoms. The fourth-order valence-electron chi connectivity index (χ4n) is 5.55. The molecule has 4 rings (SSSR count). The minimum atomic E-state index is -0.637. The Balaban J connectivity index is 1.37. The van der Waals surface area contributed by atoms with Gasteiger partial charge in [0.1, 0.15) is 0 Å². The van der Waals surface area contributed by atoms with Crippen LogP contribution in [-0.2, 0) is 6.54 Å². The third-order valence-electron chi connectivity index (χ3n) is 7.17. The highest BCUT2D eigenvalue weighted by atomic mass is 16.3. The molecule has 33 heavy (non-hydrogen) atoms. The lowest BCUT2D eigenvalue weighted by Gasteiger charge is -2.43. The van der Waals surface area contributed by atoms with Crippen LogP contribution in [0.5, 0.6) is 0 Å². The van der Waals surface area contributed by atoms with Crippen molar-refractivity contribution in [2.24, 2.45) is 0 Å². The predicted molar refractivity (Wildman–Crippen MR) is 139 cm³/mol. The number of rotatable bonds is 6. The highest BCUT2D eigenvalue weighted by molar-refractivity contribution is 5.62. The van der Waals surface area contributed by atoms with Gasteiger partial charge in [-0.2, -0.15) is 0 Å². The Kier molecular flexibility index (Phi) is 7.32. The summed E-state index contributed by atoms with van der Waals surface area (Å²) < 4.78 is 0. The maximum atomic E-state index is 10.2. The van der Waals surface area contributed by atoms with E-state index in [-0.39, 0.29) is 0 Å². The van der Waals surface area contributed by atoms with E-state index in [2.05, 4.69) is 88.9 Å². The molecule has 2 aliphatic heterocycles. The van der Waals surface area contributed by atoms with Crippen molar-refractivity contribution in [3.63, 3.8) is 0 Å². The van der Waals surface area contributed by atoms with Crippen molar-refractivity contribution in [3.05, 3.63) is 59.7 Å². The van der Waals surface area contributed by atoms with E-state index in [0.29, 0.717) is 12.1 Å². The first-order valence-corrected chi connectivity index (χ1v) is 12.5. The van der Waals surface area contributed by atoms with E-state index in [1.54, 1.807) is 0 Å². The van der Waals surface area contributed by atoms with Gasteiger partial charge >= 0.3 is 0 Å². The van der Waals surface area contributed by atoms with Gasteiger partial charge in [-0.1, -0.05) is 30.3 Å². The largest absolute Gasteiger partial charge is 0.389 e. The van der Waals surface area contributed by atoms with Crippen LogP contribution in [0.15, 0.2) is 48.5 Å². The Hall–Kier alpha value is -2.08. The summed E-state index contributed by atoms with van der Waals surface area (Å²) in [6, 6.07) is 18.8. The fourth-order valence-corrected chi connectivity index (χ4v) is 5.55. The first-order chi connectivity index (χ1) is 15.7. The summed E-state index contributed by atoms with van der Waals surface area (Å²) >= 11 is 0. The van der Waals surface area contributed by atoms with Gasteiger partial charge in [0.05, 0.1) is 5.60 Å². The minimum Gasteiger partial charge on any atom is -0.389 e. The highest BCUT2D eigenvalue weighted by Gasteiger charge is 2.28. The summed E-state index contributed by atoms with van der Waals surface area (Å²) in [7, 11) is 0. The maximum Gasteiger partial charge on any atom is 0.0718 e. The second-order valence-electron chi connectivity index (χ2n) is 10.8. The van der Waals surface area contributed by atoms with Crippen molar-refractivity contribution < 1.29 is 5.11 Å². The summed E-state index contributed by atoms with van der Waals surface area (Å²) in [6.07, 6.45) is 0. The lowest BCUT2D eigenvalue weighted by atomic mass is 10.0. The molecule has 2 fully saturated rings. The van der Waals surface area contributed by atoms with Gasteiger partial charge in [-0.15, -0.1) is 0 Å². The van der Waals surface area contributed by atoms with E-state index in [4.69, 9.17) is 0 Å². The van der Waals surface area contributed by atoms with Crippen LogP contribution < -0.4 is 9.80 Å². The fraction of sp³-hybridized carbons (Fsp3) is 0.571. The zero-order valence-corrected chi connectivity index (χ0v) is 21.2. The lowest BCUT2D eigenvalue weighted by Crippen LogP contribution is -2.54. The quantitative estimate of drug-likeness (QED) is 0.720. The first kappa shape index (κ1) is 24.1. The van der Waals surface area contributed by atoms with Crippen LogP contribution in [0.2, 0.25) is 0 Å². The van der Waals surface area contributed by atoms with Gasteiger partial charge in [0, 0.05) is 75.8 Å². The molecule has 2 aromatic rings. The summed E-state index contributed by atoms with van der Waals surface area (Å²) in [4.78, 5) is 10.1. The van der Waals surface area contributed by atoms with Gasteiger partial charge in [-0.25, -0.2) is 0 Å². The number of anilines is 2. The van der Waals surface area contributed by atoms with Crippen molar-refractivity contribution in [2.75, 3.05) is 55.6 Å². The van der Waals surface area contributed by atoms with Crippen LogP contribution in [0.4, 0.5) is 11.4 Å². The zero-order valence-electron chi connectivity index (χ0n) is 21.2. The molecule has 0 amide bonds. The highest BCUT2D eigenvalue weighted by Crippen LogP contribution is 2.30. The van der Waals surface area contributed by atoms with E-state index >= 15 is 0 Å². The molecule has 0 aliphatic carbocycles. The molecule has 0 bridgehead atoms. The van der Waals surface area contributed by atoms with Crippen molar-refractivity contribution in [3.8, 4) is 0 Å². The Labute approximate surface area is 200 Å². The minimum absolute atomic E-state index is 0.438. The summed E-state index contributed by atoms with van der Waals surface area (Å²) in [5.41, 5.74) is 4.82. The van der Waals surface area contributed by atoms with Gasteiger partial charge in [-0.05, 0) is 63.9 Å². The first-order valence-electron chi connectivity index (χ1n) is 12.5. The molecule has 0 spiro atoms. The average Bonchev–Trinajstić information content (AvgIpc) is 2.75. The van der Waals surface area contributed by atoms with Crippen LogP contribution in [0.1, 0.15) is 38.8 Å². The molecule has 0 saturated carbocycles. The number of nitrogens with zero attached hydrogens (tertiary/aromatic N) is 4. The lowest BCUT2D eigenvalue weighted by molar-refractivity contribution is 0.0308. The van der Waals surface area contributed by atoms with Crippen molar-refractivity contribution >= 4 is 11.4 Å². The molecule has 2 aliphatic rings. The number of hydrogen-bond acceptors (Lipinski definition) is 5. The molecule has 2 heterocycles. The Morgan fingerprint density at radius 2 is 1.67 bits per heavy atom. The van der Waals surface area contributed by atoms with Gasteiger partial charge in [-0.3, -0.25) is 9.80 Å². The van der Waals surface area contributed by atoms with Crippen LogP contribution in [0.25, 0.3) is 0 Å². The summed E-state index contributed by atoms with van der Waals surface area (Å²) in [5, 5.41) is 10.2. The molecular formula is C28H42N4O. The third kappa shape index (κ3) is 6.08. The van der Waals surface area contributed by atoms with Crippen molar-refractivity contribution in [2.45, 2.75) is 58.8 Å². The molecule has 2 atom stereocenters. The molecule has 180 valence electrons. The van der Waals surface area contributed by atoms with Crippen LogP contribution in [-0.4, -0.2) is 78.4 Å². The molecule has 0 radical (unpaired) electrons. The molecule has 2 saturated heterocycles. The maximum absolute atomic E-state index is 10.2. The zero-order chi connectivity index (χ0) is 23.6. The molecule has 0 aromatic heterocycles.